The first-order valence-electron chi connectivity index (χ1n) is 9.88. The third-order valence-electron chi connectivity index (χ3n) is 3.35. The van der Waals surface area contributed by atoms with Crippen molar-refractivity contribution in [1.29, 1.82) is 0 Å². The van der Waals surface area contributed by atoms with Gasteiger partial charge < -0.3 is 10.4 Å². The molecule has 29 heavy (non-hydrogen) atoms. The molecule has 0 aliphatic heterocycles. The van der Waals surface area contributed by atoms with E-state index in [1.807, 2.05) is 75.3 Å². The van der Waals surface area contributed by atoms with Gasteiger partial charge in [-0.2, -0.15) is 10.2 Å². The first kappa shape index (κ1) is 35.9. The van der Waals surface area contributed by atoms with Gasteiger partial charge in [0.05, 0.1) is 6.04 Å². The van der Waals surface area contributed by atoms with E-state index in [9.17, 15) is 9.90 Å². The van der Waals surface area contributed by atoms with Gasteiger partial charge in [-0.05, 0) is 44.9 Å². The molecule has 172 valence electrons. The second-order valence-corrected chi connectivity index (χ2v) is 7.89. The number of rotatable bonds is 5. The van der Waals surface area contributed by atoms with Crippen LogP contribution in [0.25, 0.3) is 0 Å². The minimum atomic E-state index is -0.425. The number of aromatic hydroxyl groups is 1. The molecule has 0 saturated carbocycles. The maximum Gasteiger partial charge on any atom is 0.155 e. The van der Waals surface area contributed by atoms with E-state index in [4.69, 9.17) is 0 Å². The van der Waals surface area contributed by atoms with Crippen molar-refractivity contribution in [3.05, 3.63) is 23.8 Å². The summed E-state index contributed by atoms with van der Waals surface area (Å²) >= 11 is 0. The van der Waals surface area contributed by atoms with Gasteiger partial charge in [-0.1, -0.05) is 62.0 Å². The maximum atomic E-state index is 12.8. The predicted molar refractivity (Wildman–Crippen MR) is 123 cm³/mol. The molecule has 2 N–H and O–H groups in total. The predicted octanol–water partition coefficient (Wildman–Crippen LogP) is 6.71. The van der Waals surface area contributed by atoms with Gasteiger partial charge in [-0.25, -0.2) is 0 Å². The molecule has 1 aromatic carbocycles. The number of benzene rings is 1. The molecule has 0 fully saturated rings. The molecule has 0 heterocycles. The summed E-state index contributed by atoms with van der Waals surface area (Å²) in [5, 5.41) is 20.8. The number of nitrogens with one attached hydrogen (secondary N) is 1. The molecular formula is C23H45ArN3O2. The van der Waals surface area contributed by atoms with Crippen LogP contribution in [-0.2, 0) is 11.2 Å². The topological polar surface area (TPSA) is 74.0 Å². The molecule has 0 aliphatic carbocycles. The van der Waals surface area contributed by atoms with E-state index in [2.05, 4.69) is 15.5 Å². The fourth-order valence-corrected chi connectivity index (χ4v) is 2.37. The summed E-state index contributed by atoms with van der Waals surface area (Å²) in [5.74, 6) is 0.251. The minimum Gasteiger partial charge on any atom is -0.506 e. The van der Waals surface area contributed by atoms with Gasteiger partial charge >= 0.3 is 0 Å². The Labute approximate surface area is 210 Å². The molecule has 1 rings (SSSR count). The Hall–Kier alpha value is -0.490. The van der Waals surface area contributed by atoms with Crippen LogP contribution < -0.4 is 5.32 Å². The molecule has 1 unspecified atom stereocenters. The van der Waals surface area contributed by atoms with Crippen molar-refractivity contribution in [3.63, 3.8) is 0 Å². The van der Waals surface area contributed by atoms with Gasteiger partial charge in [-0.3, -0.25) is 4.79 Å². The summed E-state index contributed by atoms with van der Waals surface area (Å²) in [7, 11) is 1.55. The van der Waals surface area contributed by atoms with Crippen LogP contribution in [0.1, 0.15) is 82.2 Å². The average Bonchev–Trinajstić information content (AvgIpc) is 2.58. The molecule has 0 spiro atoms. The number of nitrogens with zero attached hydrogens (tertiary/aromatic N) is 2. The van der Waals surface area contributed by atoms with Crippen molar-refractivity contribution in [2.45, 2.75) is 94.7 Å². The van der Waals surface area contributed by atoms with E-state index >= 15 is 0 Å². The molecule has 0 aliphatic rings. The van der Waals surface area contributed by atoms with Gasteiger partial charge in [0.25, 0.3) is 0 Å². The molecular weight excluding hydrogens is 390 g/mol. The van der Waals surface area contributed by atoms with E-state index in [-0.39, 0.29) is 68.3 Å². The zero-order valence-corrected chi connectivity index (χ0v) is 20.3. The SMILES string of the molecule is C.CC.CC.CN=Nc1cc(CC(NC(C)(C)C)C(=O)C(C)(C)C)ccc1O.[Ar]. The van der Waals surface area contributed by atoms with Crippen LogP contribution >= 0.6 is 0 Å². The van der Waals surface area contributed by atoms with Crippen molar-refractivity contribution >= 4 is 11.5 Å². The van der Waals surface area contributed by atoms with Gasteiger partial charge in [0, 0.05) is 55.7 Å². The molecule has 0 amide bonds. The molecule has 0 bridgehead atoms. The Morgan fingerprint density at radius 2 is 1.55 bits per heavy atom. The summed E-state index contributed by atoms with van der Waals surface area (Å²) in [6.45, 7) is 19.9. The molecule has 0 radical (unpaired) electrons. The van der Waals surface area contributed by atoms with Crippen molar-refractivity contribution in [2.24, 2.45) is 15.6 Å². The van der Waals surface area contributed by atoms with Crippen LogP contribution in [0.3, 0.4) is 0 Å². The van der Waals surface area contributed by atoms with E-state index in [0.717, 1.165) is 5.56 Å². The number of phenolic OH excluding ortho intramolecular Hbond substituents is 1. The second-order valence-electron chi connectivity index (χ2n) is 7.89. The number of phenols is 1. The number of Topliss-reactive ketones (excluding diaryl/α,β-unsaturated/α-hetero) is 1. The quantitative estimate of drug-likeness (QED) is 0.505. The largest absolute Gasteiger partial charge is 0.506 e. The number of ketones is 1. The molecule has 0 saturated heterocycles. The third kappa shape index (κ3) is 15.0. The first-order valence-corrected chi connectivity index (χ1v) is 9.88. The van der Waals surface area contributed by atoms with Crippen LogP contribution in [0.15, 0.2) is 28.4 Å². The average molecular weight is 436 g/mol. The Bertz CT molecular complexity index is 589. The van der Waals surface area contributed by atoms with Crippen LogP contribution in [0.5, 0.6) is 5.75 Å². The van der Waals surface area contributed by atoms with Crippen LogP contribution in [-0.4, -0.2) is 29.5 Å². The van der Waals surface area contributed by atoms with Gasteiger partial charge in [-0.15, -0.1) is 0 Å². The van der Waals surface area contributed by atoms with E-state index < -0.39 is 5.41 Å². The number of carbonyl (C=O) groups excluding carboxylic acids is 1. The number of hydrogen-bond donors (Lipinski definition) is 2. The van der Waals surface area contributed by atoms with E-state index in [0.29, 0.717) is 12.1 Å². The summed E-state index contributed by atoms with van der Waals surface area (Å²) < 4.78 is 0. The fraction of sp³-hybridized carbons (Fsp3) is 0.696. The molecule has 6 heteroatoms. The van der Waals surface area contributed by atoms with E-state index in [1.54, 1.807) is 19.2 Å². The number of azo groups is 1. The third-order valence-corrected chi connectivity index (χ3v) is 3.35. The monoisotopic (exact) mass is 435 g/mol. The summed E-state index contributed by atoms with van der Waals surface area (Å²) in [5.41, 5.74) is 0.757. The number of hydrogen-bond acceptors (Lipinski definition) is 5. The van der Waals surface area contributed by atoms with E-state index in [1.165, 1.54) is 0 Å². The minimum absolute atomic E-state index is 0. The smallest absolute Gasteiger partial charge is 0.155 e. The van der Waals surface area contributed by atoms with Crippen LogP contribution in [0, 0.1) is 43.2 Å². The molecule has 5 nitrogen and oxygen atoms in total. The van der Waals surface area contributed by atoms with Gasteiger partial charge in [0.2, 0.25) is 0 Å². The molecule has 1 aromatic rings. The standard InChI is InChI=1S/C18H29N3O2.2C2H6.CH4.Ar/c1-17(2,3)16(23)14(20-18(4,5)6)11-12-8-9-15(22)13(10-12)21-19-7;2*1-2;;/h8-10,14,20,22H,11H2,1-7H3;2*1-2H3;1H4;. The first-order chi connectivity index (χ1) is 12.4. The Morgan fingerprint density at radius 1 is 1.07 bits per heavy atom. The van der Waals surface area contributed by atoms with Crippen molar-refractivity contribution in [2.75, 3.05) is 7.05 Å². The number of carbonyl (C=O) groups is 1. The molecule has 0 aromatic heterocycles. The zero-order valence-electron chi connectivity index (χ0n) is 19.6. The van der Waals surface area contributed by atoms with Crippen molar-refractivity contribution in [3.8, 4) is 5.75 Å². The second kappa shape index (κ2) is 17.2. The Kier molecular flexibility index (Phi) is 21.3. The van der Waals surface area contributed by atoms with Crippen molar-refractivity contribution < 1.29 is 47.6 Å². The summed E-state index contributed by atoms with van der Waals surface area (Å²) in [6.07, 6.45) is 0.542. The zero-order chi connectivity index (χ0) is 21.8. The fourth-order valence-electron chi connectivity index (χ4n) is 2.37. The van der Waals surface area contributed by atoms with Crippen LogP contribution in [0.4, 0.5) is 5.69 Å². The van der Waals surface area contributed by atoms with Crippen molar-refractivity contribution in [1.82, 2.24) is 5.32 Å². The summed E-state index contributed by atoms with van der Waals surface area (Å²) in [6, 6.07) is 4.88. The summed E-state index contributed by atoms with van der Waals surface area (Å²) in [4.78, 5) is 12.8. The van der Waals surface area contributed by atoms with Gasteiger partial charge in [0.15, 0.2) is 5.78 Å². The maximum absolute atomic E-state index is 12.8. The van der Waals surface area contributed by atoms with Crippen LogP contribution in [0.2, 0.25) is 0 Å². The molecule has 1 atom stereocenters. The Balaban J connectivity index is -0.000000488. The van der Waals surface area contributed by atoms with Gasteiger partial charge in [0.1, 0.15) is 11.4 Å². The normalized spacial score (nSPS) is 11.7. The Morgan fingerprint density at radius 3 is 1.93 bits per heavy atom.